The third-order valence-electron chi connectivity index (χ3n) is 4.21. The van der Waals surface area contributed by atoms with Crippen LogP contribution in [0.2, 0.25) is 0 Å². The van der Waals surface area contributed by atoms with Crippen LogP contribution in [0.5, 0.6) is 0 Å². The Morgan fingerprint density at radius 1 is 1.12 bits per heavy atom. The third-order valence-corrected chi connectivity index (χ3v) is 4.21. The molecule has 0 saturated heterocycles. The summed E-state index contributed by atoms with van der Waals surface area (Å²) in [5.74, 6) is 0.00599. The zero-order valence-electron chi connectivity index (χ0n) is 13.5. The predicted octanol–water partition coefficient (Wildman–Crippen LogP) is 3.34. The number of H-pyrrole nitrogens is 1. The number of carbonyl (C=O) groups is 1. The lowest BCUT2D eigenvalue weighted by molar-refractivity contribution is -0.121. The summed E-state index contributed by atoms with van der Waals surface area (Å²) in [5, 5.41) is 13.4. The molecule has 0 aliphatic carbocycles. The smallest absolute Gasteiger partial charge is 0.220 e. The van der Waals surface area contributed by atoms with Crippen molar-refractivity contribution < 1.29 is 9.90 Å². The molecule has 1 aromatic heterocycles. The van der Waals surface area contributed by atoms with Crippen molar-refractivity contribution in [3.8, 4) is 0 Å². The lowest BCUT2D eigenvalue weighted by Crippen LogP contribution is -2.29. The topological polar surface area (TPSA) is 65.1 Å². The van der Waals surface area contributed by atoms with Crippen LogP contribution in [0.1, 0.15) is 30.0 Å². The Kier molecular flexibility index (Phi) is 5.29. The van der Waals surface area contributed by atoms with Gasteiger partial charge < -0.3 is 15.4 Å². The number of aromatic nitrogens is 1. The Morgan fingerprint density at radius 3 is 2.75 bits per heavy atom. The maximum atomic E-state index is 12.3. The average molecular weight is 322 g/mol. The van der Waals surface area contributed by atoms with Crippen molar-refractivity contribution in [2.24, 2.45) is 0 Å². The van der Waals surface area contributed by atoms with Crippen molar-refractivity contribution >= 4 is 16.8 Å². The lowest BCUT2D eigenvalue weighted by Gasteiger charge is -2.18. The second-order valence-electron chi connectivity index (χ2n) is 5.94. The molecule has 0 spiro atoms. The molecule has 0 fully saturated rings. The largest absolute Gasteiger partial charge is 0.396 e. The first-order valence-electron chi connectivity index (χ1n) is 8.27. The second-order valence-corrected chi connectivity index (χ2v) is 5.94. The maximum absolute atomic E-state index is 12.3. The van der Waals surface area contributed by atoms with Crippen LogP contribution in [0.25, 0.3) is 10.9 Å². The number of hydrogen-bond donors (Lipinski definition) is 3. The Morgan fingerprint density at radius 2 is 1.96 bits per heavy atom. The molecule has 124 valence electrons. The summed E-state index contributed by atoms with van der Waals surface area (Å²) >= 11 is 0. The number of fused-ring (bicyclic) bond motifs is 1. The van der Waals surface area contributed by atoms with Crippen molar-refractivity contribution in [3.63, 3.8) is 0 Å². The van der Waals surface area contributed by atoms with Gasteiger partial charge in [-0.1, -0.05) is 36.4 Å². The molecule has 1 heterocycles. The van der Waals surface area contributed by atoms with Crippen LogP contribution >= 0.6 is 0 Å². The van der Waals surface area contributed by atoms with Crippen molar-refractivity contribution in [2.45, 2.75) is 25.3 Å². The number of aliphatic hydroxyl groups is 1. The fraction of sp³-hybridized carbons (Fsp3) is 0.250. The Bertz CT molecular complexity index is 796. The number of aliphatic hydroxyl groups excluding tert-OH is 1. The number of rotatable bonds is 7. The van der Waals surface area contributed by atoms with E-state index in [2.05, 4.69) is 22.4 Å². The maximum Gasteiger partial charge on any atom is 0.220 e. The monoisotopic (exact) mass is 322 g/mol. The Hall–Kier alpha value is -2.59. The van der Waals surface area contributed by atoms with Gasteiger partial charge in [-0.05, 0) is 47.6 Å². The van der Waals surface area contributed by atoms with Gasteiger partial charge >= 0.3 is 0 Å². The van der Waals surface area contributed by atoms with Crippen molar-refractivity contribution in [3.05, 3.63) is 71.9 Å². The summed E-state index contributed by atoms with van der Waals surface area (Å²) in [6, 6.07) is 17.9. The zero-order valence-corrected chi connectivity index (χ0v) is 13.5. The van der Waals surface area contributed by atoms with Gasteiger partial charge in [0.2, 0.25) is 5.91 Å². The molecule has 3 N–H and O–H groups in total. The van der Waals surface area contributed by atoms with Crippen LogP contribution in [-0.4, -0.2) is 22.6 Å². The van der Waals surface area contributed by atoms with Gasteiger partial charge in [-0.2, -0.15) is 0 Å². The van der Waals surface area contributed by atoms with Crippen molar-refractivity contribution in [2.75, 3.05) is 6.61 Å². The molecule has 3 rings (SSSR count). The summed E-state index contributed by atoms with van der Waals surface area (Å²) in [7, 11) is 0. The van der Waals surface area contributed by atoms with Gasteiger partial charge in [-0.3, -0.25) is 4.79 Å². The highest BCUT2D eigenvalue weighted by Gasteiger charge is 2.13. The normalized spacial score (nSPS) is 12.2. The minimum absolute atomic E-state index is 0.00599. The first kappa shape index (κ1) is 16.3. The molecule has 2 aromatic carbocycles. The minimum Gasteiger partial charge on any atom is -0.396 e. The summed E-state index contributed by atoms with van der Waals surface area (Å²) in [5.41, 5.74) is 3.28. The van der Waals surface area contributed by atoms with E-state index >= 15 is 0 Å². The first-order valence-corrected chi connectivity index (χ1v) is 8.27. The molecule has 0 bridgehead atoms. The van der Waals surface area contributed by atoms with Gasteiger partial charge in [0, 0.05) is 24.7 Å². The fourth-order valence-electron chi connectivity index (χ4n) is 2.92. The van der Waals surface area contributed by atoms with Gasteiger partial charge in [0.05, 0.1) is 6.04 Å². The lowest BCUT2D eigenvalue weighted by atomic mass is 10.0. The highest BCUT2D eigenvalue weighted by Crippen LogP contribution is 2.18. The van der Waals surface area contributed by atoms with Crippen LogP contribution in [0, 0.1) is 0 Å². The van der Waals surface area contributed by atoms with Crippen molar-refractivity contribution in [1.82, 2.24) is 10.3 Å². The SMILES string of the molecule is O=C(CCc1ccc2[nH]ccc2c1)NC(CCO)c1ccccc1. The molecular weight excluding hydrogens is 300 g/mol. The van der Waals surface area contributed by atoms with Crippen LogP contribution in [0.15, 0.2) is 60.8 Å². The van der Waals surface area contributed by atoms with E-state index < -0.39 is 0 Å². The van der Waals surface area contributed by atoms with Gasteiger partial charge in [-0.25, -0.2) is 0 Å². The van der Waals surface area contributed by atoms with Crippen LogP contribution in [0.4, 0.5) is 0 Å². The van der Waals surface area contributed by atoms with E-state index in [4.69, 9.17) is 0 Å². The number of carbonyl (C=O) groups excluding carboxylic acids is 1. The third kappa shape index (κ3) is 4.03. The molecule has 4 nitrogen and oxygen atoms in total. The highest BCUT2D eigenvalue weighted by atomic mass is 16.3. The van der Waals surface area contributed by atoms with Gasteiger partial charge in [-0.15, -0.1) is 0 Å². The van der Waals surface area contributed by atoms with E-state index in [1.54, 1.807) is 0 Å². The number of benzene rings is 2. The first-order chi connectivity index (χ1) is 11.8. The summed E-state index contributed by atoms with van der Waals surface area (Å²) < 4.78 is 0. The number of nitrogens with one attached hydrogen (secondary N) is 2. The number of amides is 1. The van der Waals surface area contributed by atoms with Crippen LogP contribution in [-0.2, 0) is 11.2 Å². The van der Waals surface area contributed by atoms with E-state index in [1.807, 2.05) is 48.7 Å². The standard InChI is InChI=1S/C20H22N2O2/c23-13-11-19(16-4-2-1-3-5-16)22-20(24)9-7-15-6-8-18-17(14-15)10-12-21-18/h1-6,8,10,12,14,19,21,23H,7,9,11,13H2,(H,22,24). The molecule has 0 saturated carbocycles. The minimum atomic E-state index is -0.143. The molecule has 1 amide bonds. The highest BCUT2D eigenvalue weighted by molar-refractivity contribution is 5.80. The molecule has 1 atom stereocenters. The molecule has 0 aliphatic rings. The number of aromatic amines is 1. The second kappa shape index (κ2) is 7.79. The van der Waals surface area contributed by atoms with E-state index in [1.165, 1.54) is 0 Å². The van der Waals surface area contributed by atoms with E-state index in [-0.39, 0.29) is 18.6 Å². The van der Waals surface area contributed by atoms with Crippen LogP contribution in [0.3, 0.4) is 0 Å². The molecule has 0 radical (unpaired) electrons. The van der Waals surface area contributed by atoms with E-state index in [0.717, 1.165) is 22.0 Å². The molecule has 3 aromatic rings. The van der Waals surface area contributed by atoms with Gasteiger partial charge in [0.1, 0.15) is 0 Å². The predicted molar refractivity (Wildman–Crippen MR) is 95.6 cm³/mol. The van der Waals surface area contributed by atoms with Crippen molar-refractivity contribution in [1.29, 1.82) is 0 Å². The fourth-order valence-corrected chi connectivity index (χ4v) is 2.92. The van der Waals surface area contributed by atoms with E-state index in [9.17, 15) is 9.90 Å². The van der Waals surface area contributed by atoms with Crippen LogP contribution < -0.4 is 5.32 Å². The summed E-state index contributed by atoms with van der Waals surface area (Å²) in [4.78, 5) is 15.5. The number of aryl methyl sites for hydroxylation is 1. The van der Waals surface area contributed by atoms with Gasteiger partial charge in [0.25, 0.3) is 0 Å². The molecule has 4 heteroatoms. The molecule has 24 heavy (non-hydrogen) atoms. The molecule has 0 aliphatic heterocycles. The zero-order chi connectivity index (χ0) is 16.8. The summed E-state index contributed by atoms with van der Waals surface area (Å²) in [6.45, 7) is 0.0456. The molecular formula is C20H22N2O2. The average Bonchev–Trinajstić information content (AvgIpc) is 3.08. The quantitative estimate of drug-likeness (QED) is 0.624. The Labute approximate surface area is 141 Å². The Balaban J connectivity index is 1.59. The molecule has 1 unspecified atom stereocenters. The number of hydrogen-bond acceptors (Lipinski definition) is 2. The van der Waals surface area contributed by atoms with Gasteiger partial charge in [0.15, 0.2) is 0 Å². The summed E-state index contributed by atoms with van der Waals surface area (Å²) in [6.07, 6.45) is 3.57. The van der Waals surface area contributed by atoms with E-state index in [0.29, 0.717) is 19.3 Å².